The second-order valence-electron chi connectivity index (χ2n) is 8.49. The van der Waals surface area contributed by atoms with Crippen LogP contribution in [0.2, 0.25) is 0 Å². The predicted octanol–water partition coefficient (Wildman–Crippen LogP) is 7.11. The minimum absolute atomic E-state index is 0.249. The Kier molecular flexibility index (Phi) is 6.73. The first kappa shape index (κ1) is 21.6. The molecule has 1 fully saturated rings. The average Bonchev–Trinajstić information content (AvgIpc) is 2.81. The third-order valence-corrected chi connectivity index (χ3v) is 8.40. The number of carbonyl (C=O) groups is 1. The van der Waals surface area contributed by atoms with Crippen LogP contribution in [-0.2, 0) is 31.6 Å². The molecule has 0 aromatic heterocycles. The molecular weight excluding hydrogens is 403 g/mol. The summed E-state index contributed by atoms with van der Waals surface area (Å²) in [4.78, 5) is 13.7. The lowest BCUT2D eigenvalue weighted by molar-refractivity contribution is -0.142. The van der Waals surface area contributed by atoms with Gasteiger partial charge in [0.05, 0.1) is 17.7 Å². The summed E-state index contributed by atoms with van der Waals surface area (Å²) in [5.74, 6) is -0.325. The molecule has 0 saturated heterocycles. The van der Waals surface area contributed by atoms with Crippen LogP contribution in [0.15, 0.2) is 91.0 Å². The Morgan fingerprint density at radius 3 is 1.65 bits per heavy atom. The van der Waals surface area contributed by atoms with Crippen molar-refractivity contribution in [3.63, 3.8) is 0 Å². The van der Waals surface area contributed by atoms with Crippen LogP contribution >= 0.6 is 7.37 Å². The monoisotopic (exact) mass is 432 g/mol. The highest BCUT2D eigenvalue weighted by Gasteiger charge is 2.45. The number of hydrogen-bond acceptors (Lipinski definition) is 3. The van der Waals surface area contributed by atoms with Gasteiger partial charge in [-0.1, -0.05) is 110 Å². The zero-order valence-corrected chi connectivity index (χ0v) is 18.7. The molecule has 3 aromatic carbocycles. The Balaban J connectivity index is 1.66. The third-order valence-electron chi connectivity index (χ3n) is 6.21. The van der Waals surface area contributed by atoms with Crippen molar-refractivity contribution in [2.45, 2.75) is 49.8 Å². The van der Waals surface area contributed by atoms with E-state index in [0.29, 0.717) is 0 Å². The Morgan fingerprint density at radius 1 is 0.710 bits per heavy atom. The second kappa shape index (κ2) is 9.66. The molecule has 1 saturated carbocycles. The van der Waals surface area contributed by atoms with Gasteiger partial charge < -0.3 is 4.52 Å². The van der Waals surface area contributed by atoms with Crippen molar-refractivity contribution in [1.82, 2.24) is 0 Å². The second-order valence-corrected chi connectivity index (χ2v) is 10.9. The molecule has 0 radical (unpaired) electrons. The normalized spacial score (nSPS) is 15.9. The van der Waals surface area contributed by atoms with Gasteiger partial charge in [-0.2, -0.15) is 0 Å². The summed E-state index contributed by atoms with van der Waals surface area (Å²) in [6.07, 6.45) is 5.06. The van der Waals surface area contributed by atoms with E-state index >= 15 is 0 Å². The molecular formula is C27H29O3P. The third kappa shape index (κ3) is 5.17. The number of rotatable bonds is 7. The quantitative estimate of drug-likeness (QED) is 0.374. The van der Waals surface area contributed by atoms with Crippen LogP contribution in [0.5, 0.6) is 0 Å². The molecule has 0 amide bonds. The van der Waals surface area contributed by atoms with E-state index in [1.54, 1.807) is 0 Å². The minimum Gasteiger partial charge on any atom is -0.410 e. The van der Waals surface area contributed by atoms with Crippen molar-refractivity contribution in [2.24, 2.45) is 0 Å². The van der Waals surface area contributed by atoms with E-state index in [9.17, 15) is 9.36 Å². The molecule has 0 unspecified atom stereocenters. The molecule has 3 nitrogen and oxygen atoms in total. The van der Waals surface area contributed by atoms with Crippen LogP contribution < -0.4 is 0 Å². The highest BCUT2D eigenvalue weighted by atomic mass is 31.2. The van der Waals surface area contributed by atoms with Crippen molar-refractivity contribution < 1.29 is 13.9 Å². The number of carbonyl (C=O) groups excluding carboxylic acids is 1. The number of hydrogen-bond donors (Lipinski definition) is 0. The topological polar surface area (TPSA) is 43.4 Å². The molecule has 0 bridgehead atoms. The van der Waals surface area contributed by atoms with Gasteiger partial charge in [0.25, 0.3) is 7.37 Å². The first-order valence-electron chi connectivity index (χ1n) is 11.1. The zero-order valence-electron chi connectivity index (χ0n) is 17.8. The zero-order chi connectivity index (χ0) is 21.6. The number of benzene rings is 3. The van der Waals surface area contributed by atoms with Crippen molar-refractivity contribution in [2.75, 3.05) is 0 Å². The van der Waals surface area contributed by atoms with Gasteiger partial charge in [-0.15, -0.1) is 0 Å². The molecule has 0 spiro atoms. The van der Waals surface area contributed by atoms with Crippen LogP contribution in [0.25, 0.3) is 0 Å². The summed E-state index contributed by atoms with van der Waals surface area (Å²) < 4.78 is 20.2. The fraction of sp³-hybridized carbons (Fsp3) is 0.296. The van der Waals surface area contributed by atoms with Gasteiger partial charge in [-0.05, 0) is 29.5 Å². The minimum atomic E-state index is -3.30. The molecule has 1 aliphatic carbocycles. The van der Waals surface area contributed by atoms with E-state index in [-0.39, 0.29) is 18.3 Å². The van der Waals surface area contributed by atoms with Gasteiger partial charge in [0.15, 0.2) is 0 Å². The first-order valence-corrected chi connectivity index (χ1v) is 13.0. The van der Waals surface area contributed by atoms with Gasteiger partial charge >= 0.3 is 5.97 Å². The predicted molar refractivity (Wildman–Crippen MR) is 125 cm³/mol. The summed E-state index contributed by atoms with van der Waals surface area (Å²) in [7, 11) is -3.30. The van der Waals surface area contributed by atoms with E-state index in [2.05, 4.69) is 0 Å². The van der Waals surface area contributed by atoms with Crippen molar-refractivity contribution in [3.05, 3.63) is 108 Å². The standard InChI is InChI=1S/C27H29O3P/c28-26(27(19-11-4-12-20-27)25-17-9-3-10-18-25)30-31(29,21-23-13-5-1-6-14-23)22-24-15-7-2-8-16-24/h1-3,5-10,13-18H,4,11-12,19-22H2. The van der Waals surface area contributed by atoms with Crippen LogP contribution in [0.1, 0.15) is 48.8 Å². The molecule has 0 atom stereocenters. The largest absolute Gasteiger partial charge is 0.410 e. The van der Waals surface area contributed by atoms with Gasteiger partial charge in [-0.3, -0.25) is 9.36 Å². The molecule has 0 aliphatic heterocycles. The molecule has 3 aromatic rings. The maximum atomic E-state index is 14.1. The van der Waals surface area contributed by atoms with Crippen LogP contribution in [0.4, 0.5) is 0 Å². The Bertz CT molecular complexity index is 980. The van der Waals surface area contributed by atoms with E-state index in [4.69, 9.17) is 4.52 Å². The highest BCUT2D eigenvalue weighted by Crippen LogP contribution is 2.56. The molecule has 1 aliphatic rings. The van der Waals surface area contributed by atoms with Crippen LogP contribution in [-0.4, -0.2) is 5.97 Å². The summed E-state index contributed by atoms with van der Waals surface area (Å²) >= 11 is 0. The van der Waals surface area contributed by atoms with Gasteiger partial charge in [-0.25, -0.2) is 0 Å². The Labute approximate surface area is 184 Å². The van der Waals surface area contributed by atoms with E-state index in [1.807, 2.05) is 91.0 Å². The average molecular weight is 433 g/mol. The Morgan fingerprint density at radius 2 is 1.16 bits per heavy atom. The summed E-state index contributed by atoms with van der Waals surface area (Å²) in [6, 6.07) is 29.3. The van der Waals surface area contributed by atoms with Gasteiger partial charge in [0, 0.05) is 0 Å². The van der Waals surface area contributed by atoms with Crippen molar-refractivity contribution >= 4 is 13.3 Å². The van der Waals surface area contributed by atoms with E-state index in [0.717, 1.165) is 48.8 Å². The smallest absolute Gasteiger partial charge is 0.321 e. The van der Waals surface area contributed by atoms with Gasteiger partial charge in [0.1, 0.15) is 0 Å². The molecule has 4 rings (SSSR count). The Hall–Kier alpha value is -2.64. The highest BCUT2D eigenvalue weighted by molar-refractivity contribution is 7.57. The first-order chi connectivity index (χ1) is 15.1. The van der Waals surface area contributed by atoms with Crippen molar-refractivity contribution in [3.8, 4) is 0 Å². The molecule has 0 N–H and O–H groups in total. The molecule has 31 heavy (non-hydrogen) atoms. The summed E-state index contributed by atoms with van der Waals surface area (Å²) in [5, 5.41) is 0. The van der Waals surface area contributed by atoms with Crippen molar-refractivity contribution in [1.29, 1.82) is 0 Å². The molecule has 4 heteroatoms. The van der Waals surface area contributed by atoms with E-state index in [1.165, 1.54) is 0 Å². The van der Waals surface area contributed by atoms with E-state index < -0.39 is 12.8 Å². The van der Waals surface area contributed by atoms with Gasteiger partial charge in [0.2, 0.25) is 0 Å². The fourth-order valence-electron chi connectivity index (χ4n) is 4.61. The molecule has 160 valence electrons. The fourth-order valence-corrected chi connectivity index (χ4v) is 6.86. The van der Waals surface area contributed by atoms with Crippen LogP contribution in [0, 0.1) is 0 Å². The SMILES string of the molecule is O=C(OP(=O)(Cc1ccccc1)Cc1ccccc1)C1(c2ccccc2)CCCCC1. The van der Waals surface area contributed by atoms with Crippen LogP contribution in [0.3, 0.4) is 0 Å². The molecule has 0 heterocycles. The summed E-state index contributed by atoms with van der Waals surface area (Å²) in [5.41, 5.74) is 2.12. The lowest BCUT2D eigenvalue weighted by atomic mass is 9.69. The lowest BCUT2D eigenvalue weighted by Gasteiger charge is -2.36. The summed E-state index contributed by atoms with van der Waals surface area (Å²) in [6.45, 7) is 0. The lowest BCUT2D eigenvalue weighted by Crippen LogP contribution is -2.39. The maximum absolute atomic E-state index is 14.1. The maximum Gasteiger partial charge on any atom is 0.321 e.